The maximum absolute atomic E-state index is 13.0. The highest BCUT2D eigenvalue weighted by molar-refractivity contribution is 7.91. The first-order chi connectivity index (χ1) is 11.3. The molecule has 2 aromatic heterocycles. The van der Waals surface area contributed by atoms with Crippen LogP contribution in [-0.2, 0) is 23.3 Å². The lowest BCUT2D eigenvalue weighted by molar-refractivity contribution is 0.0702. The first-order valence-electron chi connectivity index (χ1n) is 7.90. The number of carbonyl (C=O) groups excluding carboxylic acids is 1. The Morgan fingerprint density at radius 2 is 2.21 bits per heavy atom. The smallest absolute Gasteiger partial charge is 0.264 e. The largest absolute Gasteiger partial charge is 0.329 e. The van der Waals surface area contributed by atoms with Crippen molar-refractivity contribution < 1.29 is 13.2 Å². The van der Waals surface area contributed by atoms with Gasteiger partial charge in [0.15, 0.2) is 9.84 Å². The molecule has 1 atom stereocenters. The van der Waals surface area contributed by atoms with Gasteiger partial charge in [-0.2, -0.15) is 5.10 Å². The van der Waals surface area contributed by atoms with E-state index in [1.54, 1.807) is 29.0 Å². The predicted octanol–water partition coefficient (Wildman–Crippen LogP) is 1.96. The summed E-state index contributed by atoms with van der Waals surface area (Å²) >= 11 is 1.50. The van der Waals surface area contributed by atoms with E-state index >= 15 is 0 Å². The van der Waals surface area contributed by atoms with Crippen molar-refractivity contribution in [3.63, 3.8) is 0 Å². The second-order valence-electron chi connectivity index (χ2n) is 6.15. The number of sulfone groups is 1. The molecule has 130 valence electrons. The SMILES string of the molecule is CCc1sc(C(=O)N2CCS(=O)(=O)CC2c2cnn(C)c2)cc1C. The molecule has 0 N–H and O–H groups in total. The van der Waals surface area contributed by atoms with E-state index in [1.165, 1.54) is 16.2 Å². The van der Waals surface area contributed by atoms with E-state index in [2.05, 4.69) is 12.0 Å². The second-order valence-corrected chi connectivity index (χ2v) is 9.51. The molecule has 0 spiro atoms. The second kappa shape index (κ2) is 6.33. The molecule has 24 heavy (non-hydrogen) atoms. The fraction of sp³-hybridized carbons (Fsp3) is 0.500. The molecule has 1 saturated heterocycles. The van der Waals surface area contributed by atoms with Crippen molar-refractivity contribution in [2.75, 3.05) is 18.1 Å². The van der Waals surface area contributed by atoms with Crippen LogP contribution >= 0.6 is 11.3 Å². The molecular weight excluding hydrogens is 346 g/mol. The quantitative estimate of drug-likeness (QED) is 0.831. The molecule has 0 bridgehead atoms. The number of rotatable bonds is 3. The van der Waals surface area contributed by atoms with Gasteiger partial charge in [-0.25, -0.2) is 8.42 Å². The minimum Gasteiger partial charge on any atom is -0.329 e. The summed E-state index contributed by atoms with van der Waals surface area (Å²) in [5, 5.41) is 4.12. The van der Waals surface area contributed by atoms with Gasteiger partial charge in [0.2, 0.25) is 0 Å². The van der Waals surface area contributed by atoms with Crippen LogP contribution in [0, 0.1) is 6.92 Å². The fourth-order valence-corrected chi connectivity index (χ4v) is 5.62. The molecule has 1 fully saturated rings. The number of aryl methyl sites for hydroxylation is 3. The van der Waals surface area contributed by atoms with Gasteiger partial charge < -0.3 is 4.90 Å². The Morgan fingerprint density at radius 1 is 1.46 bits per heavy atom. The Bertz CT molecular complexity index is 867. The Kier molecular flexibility index (Phi) is 4.52. The average molecular weight is 367 g/mol. The van der Waals surface area contributed by atoms with E-state index in [4.69, 9.17) is 0 Å². The summed E-state index contributed by atoms with van der Waals surface area (Å²) in [5.41, 5.74) is 1.88. The third kappa shape index (κ3) is 3.25. The monoisotopic (exact) mass is 367 g/mol. The van der Waals surface area contributed by atoms with Gasteiger partial charge in [-0.1, -0.05) is 6.92 Å². The Balaban J connectivity index is 1.95. The molecule has 0 radical (unpaired) electrons. The third-order valence-corrected chi connectivity index (χ3v) is 7.35. The number of hydrogen-bond donors (Lipinski definition) is 0. The summed E-state index contributed by atoms with van der Waals surface area (Å²) in [6.07, 6.45) is 4.32. The third-order valence-electron chi connectivity index (χ3n) is 4.35. The van der Waals surface area contributed by atoms with Crippen molar-refractivity contribution in [3.05, 3.63) is 39.3 Å². The molecule has 1 unspecified atom stereocenters. The van der Waals surface area contributed by atoms with Gasteiger partial charge in [0.05, 0.1) is 28.6 Å². The predicted molar refractivity (Wildman–Crippen MR) is 94.1 cm³/mol. The van der Waals surface area contributed by atoms with Gasteiger partial charge in [0, 0.05) is 30.2 Å². The van der Waals surface area contributed by atoms with Gasteiger partial charge in [0.1, 0.15) is 0 Å². The van der Waals surface area contributed by atoms with Crippen LogP contribution in [0.2, 0.25) is 0 Å². The van der Waals surface area contributed by atoms with E-state index in [1.807, 2.05) is 13.0 Å². The highest BCUT2D eigenvalue weighted by Crippen LogP contribution is 2.31. The summed E-state index contributed by atoms with van der Waals surface area (Å²) in [6.45, 7) is 4.30. The minimum atomic E-state index is -3.15. The summed E-state index contributed by atoms with van der Waals surface area (Å²) in [5.74, 6) is -0.123. The van der Waals surface area contributed by atoms with Gasteiger partial charge in [-0.05, 0) is 25.0 Å². The molecule has 0 aliphatic carbocycles. The molecule has 1 aliphatic heterocycles. The average Bonchev–Trinajstić information content (AvgIpc) is 3.11. The van der Waals surface area contributed by atoms with Crippen molar-refractivity contribution in [2.24, 2.45) is 7.05 Å². The summed E-state index contributed by atoms with van der Waals surface area (Å²) < 4.78 is 25.8. The number of carbonyl (C=O) groups is 1. The molecular formula is C16H21N3O3S2. The lowest BCUT2D eigenvalue weighted by Crippen LogP contribution is -2.45. The summed E-state index contributed by atoms with van der Waals surface area (Å²) in [4.78, 5) is 16.6. The number of thiophene rings is 1. The Morgan fingerprint density at radius 3 is 2.79 bits per heavy atom. The van der Waals surface area contributed by atoms with Crippen LogP contribution in [0.4, 0.5) is 0 Å². The number of nitrogens with zero attached hydrogens (tertiary/aromatic N) is 3. The zero-order valence-corrected chi connectivity index (χ0v) is 15.7. The van der Waals surface area contributed by atoms with Crippen molar-refractivity contribution in [2.45, 2.75) is 26.3 Å². The Labute approximate surface area is 146 Å². The first kappa shape index (κ1) is 17.2. The normalized spacial score (nSPS) is 20.3. The molecule has 8 heteroatoms. The summed E-state index contributed by atoms with van der Waals surface area (Å²) in [6, 6.07) is 1.44. The van der Waals surface area contributed by atoms with Crippen molar-refractivity contribution >= 4 is 27.1 Å². The Hall–Kier alpha value is -1.67. The van der Waals surface area contributed by atoms with Crippen LogP contribution in [0.25, 0.3) is 0 Å². The van der Waals surface area contributed by atoms with E-state index in [9.17, 15) is 13.2 Å². The standard InChI is InChI=1S/C16H21N3O3S2/c1-4-14-11(2)7-15(23-14)16(20)19-5-6-24(21,22)10-13(19)12-8-17-18(3)9-12/h7-9,13H,4-6,10H2,1-3H3. The fourth-order valence-electron chi connectivity index (χ4n) is 3.06. The molecule has 1 amide bonds. The molecule has 2 aromatic rings. The number of hydrogen-bond acceptors (Lipinski definition) is 5. The van der Waals surface area contributed by atoms with Crippen LogP contribution in [0.1, 0.15) is 38.6 Å². The topological polar surface area (TPSA) is 72.3 Å². The van der Waals surface area contributed by atoms with Gasteiger partial charge >= 0.3 is 0 Å². The zero-order chi connectivity index (χ0) is 17.5. The lowest BCUT2D eigenvalue weighted by atomic mass is 10.1. The van der Waals surface area contributed by atoms with Crippen molar-refractivity contribution in [1.29, 1.82) is 0 Å². The zero-order valence-electron chi connectivity index (χ0n) is 14.0. The number of aromatic nitrogens is 2. The van der Waals surface area contributed by atoms with Gasteiger partial charge in [-0.3, -0.25) is 9.48 Å². The highest BCUT2D eigenvalue weighted by Gasteiger charge is 2.36. The minimum absolute atomic E-state index is 0.0144. The van der Waals surface area contributed by atoms with Crippen LogP contribution < -0.4 is 0 Å². The maximum Gasteiger partial charge on any atom is 0.264 e. The van der Waals surface area contributed by atoms with E-state index < -0.39 is 15.9 Å². The van der Waals surface area contributed by atoms with Crippen LogP contribution in [0.15, 0.2) is 18.5 Å². The van der Waals surface area contributed by atoms with Crippen molar-refractivity contribution in [1.82, 2.24) is 14.7 Å². The maximum atomic E-state index is 13.0. The van der Waals surface area contributed by atoms with Gasteiger partial charge in [0.25, 0.3) is 5.91 Å². The highest BCUT2D eigenvalue weighted by atomic mass is 32.2. The molecule has 0 saturated carbocycles. The molecule has 0 aromatic carbocycles. The first-order valence-corrected chi connectivity index (χ1v) is 10.5. The van der Waals surface area contributed by atoms with E-state index in [-0.39, 0.29) is 24.0 Å². The van der Waals surface area contributed by atoms with E-state index in [0.29, 0.717) is 4.88 Å². The summed E-state index contributed by atoms with van der Waals surface area (Å²) in [7, 11) is -1.37. The molecule has 6 nitrogen and oxygen atoms in total. The van der Waals surface area contributed by atoms with Crippen LogP contribution in [0.5, 0.6) is 0 Å². The van der Waals surface area contributed by atoms with Gasteiger partial charge in [-0.15, -0.1) is 11.3 Å². The van der Waals surface area contributed by atoms with Crippen LogP contribution in [0.3, 0.4) is 0 Å². The lowest BCUT2D eigenvalue weighted by Gasteiger charge is -2.34. The van der Waals surface area contributed by atoms with Crippen LogP contribution in [-0.4, -0.2) is 47.1 Å². The molecule has 3 rings (SSSR count). The van der Waals surface area contributed by atoms with E-state index in [0.717, 1.165) is 17.5 Å². The van der Waals surface area contributed by atoms with Crippen molar-refractivity contribution in [3.8, 4) is 0 Å². The molecule has 1 aliphatic rings. The molecule has 3 heterocycles. The number of amides is 1.